The summed E-state index contributed by atoms with van der Waals surface area (Å²) < 4.78 is 8.33. The minimum absolute atomic E-state index is 0.692. The topological polar surface area (TPSA) is 33.9 Å². The van der Waals surface area contributed by atoms with Gasteiger partial charge in [0.15, 0.2) is 0 Å². The Kier molecular flexibility index (Phi) is 3.59. The van der Waals surface area contributed by atoms with Crippen molar-refractivity contribution in [1.82, 2.24) is 4.40 Å². The summed E-state index contributed by atoms with van der Waals surface area (Å²) in [5.41, 5.74) is 3.01. The lowest BCUT2D eigenvalue weighted by Crippen LogP contribution is -2.49. The first-order chi connectivity index (χ1) is 13.3. The van der Waals surface area contributed by atoms with E-state index in [-0.39, 0.29) is 0 Å². The van der Waals surface area contributed by atoms with E-state index in [1.165, 1.54) is 38.1 Å². The zero-order chi connectivity index (χ0) is 19.7. The third-order valence-electron chi connectivity index (χ3n) is 6.21. The molecule has 0 unspecified atom stereocenters. The van der Waals surface area contributed by atoms with Crippen molar-refractivity contribution in [2.45, 2.75) is 38.9 Å². The van der Waals surface area contributed by atoms with E-state index in [1.807, 2.05) is 13.8 Å². The van der Waals surface area contributed by atoms with Crippen LogP contribution in [0, 0.1) is 0 Å². The molecule has 0 aliphatic rings. The van der Waals surface area contributed by atoms with Crippen LogP contribution in [0.4, 0.5) is 0 Å². The van der Waals surface area contributed by atoms with Gasteiger partial charge in [-0.2, -0.15) is 0 Å². The third-order valence-corrected chi connectivity index (χ3v) is 6.21. The number of aliphatic hydroxyl groups is 1. The second kappa shape index (κ2) is 5.73. The zero-order valence-corrected chi connectivity index (χ0v) is 16.7. The molecular formula is C24H23BNO2. The summed E-state index contributed by atoms with van der Waals surface area (Å²) in [4.78, 5) is 0. The lowest BCUT2D eigenvalue weighted by molar-refractivity contribution is -0.0893. The van der Waals surface area contributed by atoms with Gasteiger partial charge in [-0.15, -0.1) is 0 Å². The first kappa shape index (κ1) is 17.5. The lowest BCUT2D eigenvalue weighted by Gasteiger charge is -2.37. The van der Waals surface area contributed by atoms with Crippen molar-refractivity contribution < 1.29 is 9.76 Å². The molecule has 0 fully saturated rings. The molecule has 1 N–H and O–H groups in total. The van der Waals surface area contributed by atoms with Gasteiger partial charge >= 0.3 is 7.48 Å². The average molecular weight is 368 g/mol. The highest BCUT2D eigenvalue weighted by Gasteiger charge is 2.35. The fraction of sp³-hybridized carbons (Fsp3) is 0.250. The van der Waals surface area contributed by atoms with Crippen molar-refractivity contribution in [3.05, 3.63) is 60.7 Å². The summed E-state index contributed by atoms with van der Waals surface area (Å²) in [6, 6.07) is 21.5. The lowest BCUT2D eigenvalue weighted by atomic mass is 9.82. The minimum Gasteiger partial charge on any atom is -0.427 e. The maximum Gasteiger partial charge on any atom is 0.330 e. The first-order valence-electron chi connectivity index (χ1n) is 9.68. The molecule has 3 aromatic carbocycles. The highest BCUT2D eigenvalue weighted by Crippen LogP contribution is 2.38. The number of nitrogens with zero attached hydrogens (tertiary/aromatic N) is 1. The van der Waals surface area contributed by atoms with Crippen LogP contribution in [0.1, 0.15) is 27.7 Å². The van der Waals surface area contributed by atoms with Gasteiger partial charge in [-0.1, -0.05) is 54.0 Å². The minimum atomic E-state index is -0.945. The molecule has 0 aliphatic carbocycles. The molecule has 0 atom stereocenters. The molecule has 2 heterocycles. The van der Waals surface area contributed by atoms with Gasteiger partial charge in [0.25, 0.3) is 0 Å². The molecule has 3 nitrogen and oxygen atoms in total. The van der Waals surface area contributed by atoms with Gasteiger partial charge in [0.1, 0.15) is 0 Å². The first-order valence-corrected chi connectivity index (χ1v) is 9.68. The van der Waals surface area contributed by atoms with Crippen LogP contribution in [-0.4, -0.2) is 28.2 Å². The van der Waals surface area contributed by atoms with Crippen LogP contribution in [0.3, 0.4) is 0 Å². The van der Waals surface area contributed by atoms with E-state index in [2.05, 4.69) is 65.1 Å². The molecule has 0 bridgehead atoms. The smallest absolute Gasteiger partial charge is 0.330 e. The summed E-state index contributed by atoms with van der Waals surface area (Å²) in [7, 11) is 1.75. The van der Waals surface area contributed by atoms with Crippen molar-refractivity contribution in [1.29, 1.82) is 0 Å². The number of hydrogen-bond acceptors (Lipinski definition) is 2. The molecule has 0 aliphatic heterocycles. The van der Waals surface area contributed by atoms with Gasteiger partial charge in [0, 0.05) is 21.5 Å². The summed E-state index contributed by atoms with van der Waals surface area (Å²) >= 11 is 0. The Morgan fingerprint density at radius 3 is 2.14 bits per heavy atom. The van der Waals surface area contributed by atoms with Gasteiger partial charge in [0.05, 0.1) is 27.8 Å². The van der Waals surface area contributed by atoms with E-state index in [1.54, 1.807) is 21.3 Å². The highest BCUT2D eigenvalue weighted by atomic mass is 16.5. The summed E-state index contributed by atoms with van der Waals surface area (Å²) in [6.45, 7) is 7.33. The number of rotatable bonds is 4. The molecule has 28 heavy (non-hydrogen) atoms. The van der Waals surface area contributed by atoms with Crippen molar-refractivity contribution in [3.8, 4) is 0 Å². The van der Waals surface area contributed by atoms with Crippen molar-refractivity contribution in [3.63, 3.8) is 0 Å². The Labute approximate surface area is 165 Å². The van der Waals surface area contributed by atoms with Gasteiger partial charge in [-0.05, 0) is 39.8 Å². The number of hydrogen-bond donors (Lipinski definition) is 1. The van der Waals surface area contributed by atoms with Crippen molar-refractivity contribution in [2.24, 2.45) is 0 Å². The van der Waals surface area contributed by atoms with Crippen LogP contribution in [0.25, 0.3) is 38.1 Å². The summed E-state index contributed by atoms with van der Waals surface area (Å²) in [5.74, 6) is 0. The quantitative estimate of drug-likeness (QED) is 0.469. The molecule has 0 saturated carbocycles. The maximum absolute atomic E-state index is 10.3. The van der Waals surface area contributed by atoms with Gasteiger partial charge in [-0.3, -0.25) is 0 Å². The van der Waals surface area contributed by atoms with E-state index >= 15 is 0 Å². The zero-order valence-electron chi connectivity index (χ0n) is 16.7. The van der Waals surface area contributed by atoms with Gasteiger partial charge in [-0.25, -0.2) is 0 Å². The molecule has 0 amide bonds. The van der Waals surface area contributed by atoms with E-state index in [0.29, 0.717) is 0 Å². The molecular weight excluding hydrogens is 345 g/mol. The second-order valence-electron chi connectivity index (χ2n) is 8.64. The van der Waals surface area contributed by atoms with Gasteiger partial charge < -0.3 is 14.2 Å². The average Bonchev–Trinajstić information content (AvgIpc) is 3.17. The monoisotopic (exact) mass is 368 g/mol. The van der Waals surface area contributed by atoms with E-state index < -0.39 is 11.2 Å². The van der Waals surface area contributed by atoms with Crippen LogP contribution in [0.15, 0.2) is 60.7 Å². The Morgan fingerprint density at radius 2 is 1.43 bits per heavy atom. The molecule has 5 aromatic rings. The number of aromatic nitrogens is 1. The molecule has 2 aromatic heterocycles. The van der Waals surface area contributed by atoms with Gasteiger partial charge in [0.2, 0.25) is 0 Å². The molecule has 5 rings (SSSR count). The second-order valence-corrected chi connectivity index (χ2v) is 8.64. The third kappa shape index (κ3) is 2.38. The van der Waals surface area contributed by atoms with E-state index in [0.717, 1.165) is 5.46 Å². The fourth-order valence-electron chi connectivity index (χ4n) is 3.88. The number of benzene rings is 3. The molecule has 0 saturated heterocycles. The van der Waals surface area contributed by atoms with Crippen molar-refractivity contribution in [2.75, 3.05) is 0 Å². The Hall–Kier alpha value is -2.56. The van der Waals surface area contributed by atoms with E-state index in [4.69, 9.17) is 4.65 Å². The maximum atomic E-state index is 10.3. The Balaban J connectivity index is 1.70. The number of para-hydroxylation sites is 2. The highest BCUT2D eigenvalue weighted by molar-refractivity contribution is 6.47. The Morgan fingerprint density at radius 1 is 0.786 bits per heavy atom. The van der Waals surface area contributed by atoms with Crippen molar-refractivity contribution >= 4 is 51.0 Å². The normalized spacial score (nSPS) is 13.3. The number of fused-ring (bicyclic) bond motifs is 6. The van der Waals surface area contributed by atoms with Crippen LogP contribution >= 0.6 is 0 Å². The largest absolute Gasteiger partial charge is 0.427 e. The van der Waals surface area contributed by atoms with Crippen LogP contribution in [0.2, 0.25) is 0 Å². The molecule has 139 valence electrons. The molecule has 4 heteroatoms. The predicted octanol–water partition coefficient (Wildman–Crippen LogP) is 4.65. The SMILES string of the molecule is CC(C)(O)C(C)(C)O[B]c1ccc2c3cccc4c5ccccc5n(c2c1)c43. The predicted molar refractivity (Wildman–Crippen MR) is 118 cm³/mol. The van der Waals surface area contributed by atoms with Crippen LogP contribution in [-0.2, 0) is 4.65 Å². The standard InChI is InChI=1S/C24H23BNO2/c1-23(2,27)24(3,4)28-25-15-12-13-17-19-10-7-9-18-16-8-5-6-11-20(16)26(22(18)19)21(17)14-15/h5-14,27H,1-4H3. The molecule has 0 spiro atoms. The van der Waals surface area contributed by atoms with E-state index in [9.17, 15) is 5.11 Å². The molecule has 1 radical (unpaired) electrons. The summed E-state index contributed by atoms with van der Waals surface area (Å²) in [6.07, 6.45) is 0. The fourth-order valence-corrected chi connectivity index (χ4v) is 3.88. The van der Waals surface area contributed by atoms with Crippen LogP contribution in [0.5, 0.6) is 0 Å². The van der Waals surface area contributed by atoms with Crippen LogP contribution < -0.4 is 5.46 Å². The Bertz CT molecular complexity index is 1330. The summed E-state index contributed by atoms with van der Waals surface area (Å²) in [5, 5.41) is 15.4.